The smallest absolute Gasteiger partial charge is 0.226 e. The molecule has 0 unspecified atom stereocenters. The van der Waals surface area contributed by atoms with Crippen LogP contribution in [0.2, 0.25) is 5.02 Å². The maximum atomic E-state index is 12.1. The Morgan fingerprint density at radius 1 is 1.38 bits per heavy atom. The first-order valence-electron chi connectivity index (χ1n) is 7.25. The lowest BCUT2D eigenvalue weighted by atomic mass is 10.2. The molecule has 7 nitrogen and oxygen atoms in total. The lowest BCUT2D eigenvalue weighted by Gasteiger charge is -2.17. The second-order valence-corrected chi connectivity index (χ2v) is 5.52. The fourth-order valence-corrected chi connectivity index (χ4v) is 2.35. The van der Waals surface area contributed by atoms with Crippen LogP contribution in [0.1, 0.15) is 19.1 Å². The molecule has 128 valence electrons. The zero-order valence-electron chi connectivity index (χ0n) is 13.6. The molecule has 0 saturated heterocycles. The number of ether oxygens (including phenoxy) is 1. The molecule has 0 aliphatic heterocycles. The van der Waals surface area contributed by atoms with Gasteiger partial charge in [0, 0.05) is 31.6 Å². The van der Waals surface area contributed by atoms with E-state index in [1.807, 2.05) is 0 Å². The van der Waals surface area contributed by atoms with Crippen molar-refractivity contribution < 1.29 is 18.8 Å². The Kier molecular flexibility index (Phi) is 5.81. The van der Waals surface area contributed by atoms with E-state index >= 15 is 0 Å². The molecule has 1 N–H and O–H groups in total. The molecule has 24 heavy (non-hydrogen) atoms. The number of nitrogens with one attached hydrogen (secondary N) is 1. The molecule has 0 aliphatic carbocycles. The Morgan fingerprint density at radius 2 is 2.12 bits per heavy atom. The van der Waals surface area contributed by atoms with Crippen LogP contribution in [0, 0.1) is 6.92 Å². The number of carbonyl (C=O) groups is 2. The van der Waals surface area contributed by atoms with Gasteiger partial charge in [-0.25, -0.2) is 0 Å². The summed E-state index contributed by atoms with van der Waals surface area (Å²) >= 11 is 6.02. The zero-order valence-corrected chi connectivity index (χ0v) is 14.4. The van der Waals surface area contributed by atoms with Crippen LogP contribution in [-0.4, -0.2) is 30.6 Å². The first kappa shape index (κ1) is 17.8. The summed E-state index contributed by atoms with van der Waals surface area (Å²) in [5, 5.41) is 6.92. The van der Waals surface area contributed by atoms with Crippen molar-refractivity contribution in [3.05, 3.63) is 35.0 Å². The van der Waals surface area contributed by atoms with Crippen LogP contribution in [0.5, 0.6) is 5.75 Å². The van der Waals surface area contributed by atoms with E-state index in [0.717, 1.165) is 0 Å². The SMILES string of the molecule is COc1ccc(NC(=O)CCN(C(C)=O)c2cc(C)on2)cc1Cl. The Morgan fingerprint density at radius 3 is 2.67 bits per heavy atom. The largest absolute Gasteiger partial charge is 0.495 e. The van der Waals surface area contributed by atoms with E-state index in [9.17, 15) is 9.59 Å². The topological polar surface area (TPSA) is 84.7 Å². The quantitative estimate of drug-likeness (QED) is 0.864. The van der Waals surface area contributed by atoms with Crippen molar-refractivity contribution in [3.63, 3.8) is 0 Å². The third-order valence-corrected chi connectivity index (χ3v) is 3.57. The highest BCUT2D eigenvalue weighted by Crippen LogP contribution is 2.27. The van der Waals surface area contributed by atoms with Crippen molar-refractivity contribution in [2.24, 2.45) is 0 Å². The molecule has 2 aromatic rings. The molecule has 0 spiro atoms. The standard InChI is InChI=1S/C16H18ClN3O4/c1-10-8-15(19-24-10)20(11(2)21)7-6-16(22)18-12-4-5-14(23-3)13(17)9-12/h4-5,8-9H,6-7H2,1-3H3,(H,18,22). The summed E-state index contributed by atoms with van der Waals surface area (Å²) in [6.07, 6.45) is 0.106. The fourth-order valence-electron chi connectivity index (χ4n) is 2.09. The van der Waals surface area contributed by atoms with Gasteiger partial charge in [0.25, 0.3) is 0 Å². The van der Waals surface area contributed by atoms with Crippen LogP contribution in [0.3, 0.4) is 0 Å². The molecule has 0 aliphatic rings. The summed E-state index contributed by atoms with van der Waals surface area (Å²) in [5.41, 5.74) is 0.553. The lowest BCUT2D eigenvalue weighted by Crippen LogP contribution is -2.32. The molecule has 1 aromatic heterocycles. The number of aromatic nitrogens is 1. The minimum Gasteiger partial charge on any atom is -0.495 e. The number of halogens is 1. The maximum absolute atomic E-state index is 12.1. The predicted molar refractivity (Wildman–Crippen MR) is 90.5 cm³/mol. The van der Waals surface area contributed by atoms with E-state index < -0.39 is 0 Å². The van der Waals surface area contributed by atoms with Gasteiger partial charge in [-0.05, 0) is 25.1 Å². The average molecular weight is 352 g/mol. The van der Waals surface area contributed by atoms with Crippen molar-refractivity contribution in [2.75, 3.05) is 23.9 Å². The third kappa shape index (κ3) is 4.48. The van der Waals surface area contributed by atoms with Gasteiger partial charge in [0.15, 0.2) is 5.82 Å². The highest BCUT2D eigenvalue weighted by molar-refractivity contribution is 6.32. The van der Waals surface area contributed by atoms with Crippen LogP contribution in [0.4, 0.5) is 11.5 Å². The summed E-state index contributed by atoms with van der Waals surface area (Å²) in [5.74, 6) is 1.04. The monoisotopic (exact) mass is 351 g/mol. The zero-order chi connectivity index (χ0) is 17.7. The van der Waals surface area contributed by atoms with Crippen LogP contribution >= 0.6 is 11.6 Å². The summed E-state index contributed by atoms with van der Waals surface area (Å²) in [6.45, 7) is 3.33. The van der Waals surface area contributed by atoms with Crippen LogP contribution < -0.4 is 15.0 Å². The molecule has 0 radical (unpaired) electrons. The summed E-state index contributed by atoms with van der Waals surface area (Å²) < 4.78 is 10.0. The Bertz CT molecular complexity index is 745. The molecule has 2 rings (SSSR count). The van der Waals surface area contributed by atoms with E-state index in [2.05, 4.69) is 10.5 Å². The number of hydrogen-bond acceptors (Lipinski definition) is 5. The number of benzene rings is 1. The van der Waals surface area contributed by atoms with Gasteiger partial charge < -0.3 is 14.6 Å². The normalized spacial score (nSPS) is 10.3. The van der Waals surface area contributed by atoms with Crippen LogP contribution in [0.15, 0.2) is 28.8 Å². The number of nitrogens with zero attached hydrogens (tertiary/aromatic N) is 2. The Hall–Kier alpha value is -2.54. The molecule has 0 bridgehead atoms. The number of aryl methyl sites for hydroxylation is 1. The number of methoxy groups -OCH3 is 1. The van der Waals surface area contributed by atoms with Crippen LogP contribution in [0.25, 0.3) is 0 Å². The number of hydrogen-bond donors (Lipinski definition) is 1. The summed E-state index contributed by atoms with van der Waals surface area (Å²) in [7, 11) is 1.52. The molecule has 2 amide bonds. The maximum Gasteiger partial charge on any atom is 0.226 e. The summed E-state index contributed by atoms with van der Waals surface area (Å²) in [4.78, 5) is 25.2. The lowest BCUT2D eigenvalue weighted by molar-refractivity contribution is -0.117. The Labute approximate surface area is 144 Å². The Balaban J connectivity index is 1.96. The highest BCUT2D eigenvalue weighted by Gasteiger charge is 2.17. The number of rotatable bonds is 6. The van der Waals surface area contributed by atoms with Gasteiger partial charge in [0.2, 0.25) is 11.8 Å². The van der Waals surface area contributed by atoms with Gasteiger partial charge in [-0.1, -0.05) is 16.8 Å². The van der Waals surface area contributed by atoms with Crippen molar-refractivity contribution in [2.45, 2.75) is 20.3 Å². The fraction of sp³-hybridized carbons (Fsp3) is 0.312. The van der Waals surface area contributed by atoms with Gasteiger partial charge in [-0.15, -0.1) is 0 Å². The third-order valence-electron chi connectivity index (χ3n) is 3.27. The average Bonchev–Trinajstić information content (AvgIpc) is 2.93. The van der Waals surface area contributed by atoms with E-state index in [1.165, 1.54) is 18.9 Å². The molecular weight excluding hydrogens is 334 g/mol. The van der Waals surface area contributed by atoms with Gasteiger partial charge in [0.1, 0.15) is 11.5 Å². The van der Waals surface area contributed by atoms with Gasteiger partial charge in [0.05, 0.1) is 12.1 Å². The predicted octanol–water partition coefficient (Wildman–Crippen LogP) is 3.03. The first-order chi connectivity index (χ1) is 11.4. The van der Waals surface area contributed by atoms with E-state index in [4.69, 9.17) is 20.9 Å². The first-order valence-corrected chi connectivity index (χ1v) is 7.63. The molecule has 0 fully saturated rings. The van der Waals surface area contributed by atoms with Crippen molar-refractivity contribution in [1.29, 1.82) is 0 Å². The number of carbonyl (C=O) groups excluding carboxylic acids is 2. The van der Waals surface area contributed by atoms with Crippen LogP contribution in [-0.2, 0) is 9.59 Å². The molecule has 1 aromatic carbocycles. The number of anilines is 2. The minimum absolute atomic E-state index is 0.106. The summed E-state index contributed by atoms with van der Waals surface area (Å²) in [6, 6.07) is 6.59. The van der Waals surface area contributed by atoms with E-state index in [0.29, 0.717) is 28.0 Å². The second kappa shape index (κ2) is 7.83. The molecule has 8 heteroatoms. The van der Waals surface area contributed by atoms with Gasteiger partial charge in [-0.2, -0.15) is 0 Å². The second-order valence-electron chi connectivity index (χ2n) is 5.11. The molecule has 1 heterocycles. The highest BCUT2D eigenvalue weighted by atomic mass is 35.5. The van der Waals surface area contributed by atoms with Crippen molar-refractivity contribution >= 4 is 34.9 Å². The van der Waals surface area contributed by atoms with Gasteiger partial charge in [-0.3, -0.25) is 14.5 Å². The minimum atomic E-state index is -0.247. The van der Waals surface area contributed by atoms with Gasteiger partial charge >= 0.3 is 0 Å². The molecular formula is C16H18ClN3O4. The van der Waals surface area contributed by atoms with E-state index in [-0.39, 0.29) is 24.8 Å². The van der Waals surface area contributed by atoms with Crippen molar-refractivity contribution in [3.8, 4) is 5.75 Å². The molecule has 0 saturated carbocycles. The number of amides is 2. The van der Waals surface area contributed by atoms with E-state index in [1.54, 1.807) is 31.2 Å². The molecule has 0 atom stereocenters. The van der Waals surface area contributed by atoms with Crippen molar-refractivity contribution in [1.82, 2.24) is 5.16 Å².